The molecule has 0 saturated carbocycles. The molecule has 0 aliphatic carbocycles. The first-order valence-electron chi connectivity index (χ1n) is 5.24. The summed E-state index contributed by atoms with van der Waals surface area (Å²) in [6.07, 6.45) is -7.60. The van der Waals surface area contributed by atoms with Gasteiger partial charge in [-0.1, -0.05) is 0 Å². The first-order chi connectivity index (χ1) is 7.63. The van der Waals surface area contributed by atoms with Gasteiger partial charge in [-0.2, -0.15) is 0 Å². The van der Waals surface area contributed by atoms with Crippen LogP contribution in [-0.2, 0) is 14.3 Å². The zero-order valence-electron chi connectivity index (χ0n) is 9.90. The van der Waals surface area contributed by atoms with E-state index in [2.05, 4.69) is 4.74 Å². The van der Waals surface area contributed by atoms with E-state index in [1.165, 1.54) is 0 Å². The van der Waals surface area contributed by atoms with E-state index in [4.69, 9.17) is 9.84 Å². The molecule has 1 fully saturated rings. The molecule has 0 amide bonds. The number of hydrogen-bond donors (Lipinski definition) is 4. The fourth-order valence-electron chi connectivity index (χ4n) is 1.60. The molecule has 0 aromatic rings. The molecule has 1 heterocycles. The second kappa shape index (κ2) is 4.87. The highest BCUT2D eigenvalue weighted by Gasteiger charge is 2.48. The SMILES string of the molecule is CC(C)(C)O[C@@H]1[C@@H](O)[C@H](O)O[C@H](C(=O)O)[C@H]1O. The van der Waals surface area contributed by atoms with Crippen molar-refractivity contribution in [2.45, 2.75) is 57.1 Å². The number of aliphatic hydroxyl groups is 3. The number of aliphatic hydroxyl groups excluding tert-OH is 3. The van der Waals surface area contributed by atoms with Gasteiger partial charge in [0, 0.05) is 0 Å². The molecule has 0 radical (unpaired) electrons. The molecule has 1 rings (SSSR count). The Morgan fingerprint density at radius 3 is 2.12 bits per heavy atom. The Hall–Kier alpha value is -0.730. The van der Waals surface area contributed by atoms with Crippen molar-refractivity contribution in [3.63, 3.8) is 0 Å². The standard InChI is InChI=1S/C10H18O7/c1-10(2,3)17-6-4(11)7(8(13)14)16-9(15)5(6)12/h4-7,9,11-12,15H,1-3H3,(H,13,14)/t4-,5+,6-,7-,9+/m0/s1. The minimum atomic E-state index is -1.70. The third kappa shape index (κ3) is 3.36. The summed E-state index contributed by atoms with van der Waals surface area (Å²) in [4.78, 5) is 10.8. The van der Waals surface area contributed by atoms with Crippen LogP contribution in [0.5, 0.6) is 0 Å². The lowest BCUT2D eigenvalue weighted by molar-refractivity contribution is -0.299. The number of carbonyl (C=O) groups is 1. The second-order valence-electron chi connectivity index (χ2n) is 4.96. The molecule has 100 valence electrons. The Morgan fingerprint density at radius 1 is 1.18 bits per heavy atom. The molecule has 7 nitrogen and oxygen atoms in total. The monoisotopic (exact) mass is 250 g/mol. The van der Waals surface area contributed by atoms with Crippen molar-refractivity contribution in [3.05, 3.63) is 0 Å². The smallest absolute Gasteiger partial charge is 0.335 e. The van der Waals surface area contributed by atoms with Crippen LogP contribution < -0.4 is 0 Å². The zero-order valence-corrected chi connectivity index (χ0v) is 9.90. The summed E-state index contributed by atoms with van der Waals surface area (Å²) in [7, 11) is 0. The van der Waals surface area contributed by atoms with Crippen LogP contribution in [0.3, 0.4) is 0 Å². The van der Waals surface area contributed by atoms with Gasteiger partial charge < -0.3 is 29.9 Å². The predicted octanol–water partition coefficient (Wildman–Crippen LogP) is -1.31. The van der Waals surface area contributed by atoms with Crippen LogP contribution in [0.15, 0.2) is 0 Å². The molecule has 1 saturated heterocycles. The molecule has 0 aromatic heterocycles. The molecule has 0 bridgehead atoms. The number of ether oxygens (including phenoxy) is 2. The molecule has 5 atom stereocenters. The fourth-order valence-corrected chi connectivity index (χ4v) is 1.60. The van der Waals surface area contributed by atoms with Crippen LogP contribution in [0.2, 0.25) is 0 Å². The molecule has 4 N–H and O–H groups in total. The first kappa shape index (κ1) is 14.3. The van der Waals surface area contributed by atoms with Gasteiger partial charge in [-0.05, 0) is 20.8 Å². The topological polar surface area (TPSA) is 116 Å². The molecule has 0 aromatic carbocycles. The van der Waals surface area contributed by atoms with Gasteiger partial charge in [-0.25, -0.2) is 4.79 Å². The van der Waals surface area contributed by atoms with Gasteiger partial charge in [-0.15, -0.1) is 0 Å². The van der Waals surface area contributed by atoms with E-state index in [0.29, 0.717) is 0 Å². The lowest BCUT2D eigenvalue weighted by atomic mass is 9.97. The zero-order chi connectivity index (χ0) is 13.4. The molecular weight excluding hydrogens is 232 g/mol. The van der Waals surface area contributed by atoms with E-state index in [1.807, 2.05) is 0 Å². The van der Waals surface area contributed by atoms with Gasteiger partial charge in [0.1, 0.15) is 18.3 Å². The van der Waals surface area contributed by atoms with Gasteiger partial charge in [0.15, 0.2) is 12.4 Å². The van der Waals surface area contributed by atoms with Crippen molar-refractivity contribution in [1.82, 2.24) is 0 Å². The van der Waals surface area contributed by atoms with Crippen molar-refractivity contribution < 1.29 is 34.7 Å². The summed E-state index contributed by atoms with van der Waals surface area (Å²) in [5.41, 5.74) is -0.702. The summed E-state index contributed by atoms with van der Waals surface area (Å²) < 4.78 is 9.94. The van der Waals surface area contributed by atoms with Crippen molar-refractivity contribution in [2.24, 2.45) is 0 Å². The quantitative estimate of drug-likeness (QED) is 0.481. The first-order valence-corrected chi connectivity index (χ1v) is 5.24. The highest BCUT2D eigenvalue weighted by atomic mass is 16.7. The van der Waals surface area contributed by atoms with Crippen molar-refractivity contribution in [2.75, 3.05) is 0 Å². The summed E-state index contributed by atoms with van der Waals surface area (Å²) in [6, 6.07) is 0. The molecular formula is C10H18O7. The predicted molar refractivity (Wildman–Crippen MR) is 55.2 cm³/mol. The van der Waals surface area contributed by atoms with Gasteiger partial charge in [0.2, 0.25) is 0 Å². The number of aliphatic carboxylic acids is 1. The van der Waals surface area contributed by atoms with Crippen LogP contribution in [-0.4, -0.2) is 62.7 Å². The molecule has 17 heavy (non-hydrogen) atoms. The highest BCUT2D eigenvalue weighted by Crippen LogP contribution is 2.26. The minimum Gasteiger partial charge on any atom is -0.479 e. The summed E-state index contributed by atoms with van der Waals surface area (Å²) in [6.45, 7) is 5.05. The van der Waals surface area contributed by atoms with Crippen LogP contribution in [0.4, 0.5) is 0 Å². The Labute approximate surface area is 98.6 Å². The van der Waals surface area contributed by atoms with Gasteiger partial charge in [-0.3, -0.25) is 0 Å². The van der Waals surface area contributed by atoms with E-state index in [0.717, 1.165) is 0 Å². The third-order valence-electron chi connectivity index (χ3n) is 2.29. The largest absolute Gasteiger partial charge is 0.479 e. The average molecular weight is 250 g/mol. The van der Waals surface area contributed by atoms with Gasteiger partial charge in [0.05, 0.1) is 5.60 Å². The van der Waals surface area contributed by atoms with E-state index >= 15 is 0 Å². The number of carboxylic acids is 1. The van der Waals surface area contributed by atoms with Gasteiger partial charge >= 0.3 is 5.97 Å². The summed E-state index contributed by atoms with van der Waals surface area (Å²) >= 11 is 0. The van der Waals surface area contributed by atoms with Crippen molar-refractivity contribution in [1.29, 1.82) is 0 Å². The third-order valence-corrected chi connectivity index (χ3v) is 2.29. The Kier molecular flexibility index (Phi) is 4.11. The van der Waals surface area contributed by atoms with Gasteiger partial charge in [0.25, 0.3) is 0 Å². The van der Waals surface area contributed by atoms with Crippen LogP contribution in [0.1, 0.15) is 20.8 Å². The Balaban J connectivity index is 2.87. The Morgan fingerprint density at radius 2 is 1.71 bits per heavy atom. The normalized spacial score (nSPS) is 39.1. The van der Waals surface area contributed by atoms with E-state index < -0.39 is 42.3 Å². The van der Waals surface area contributed by atoms with E-state index in [1.54, 1.807) is 20.8 Å². The van der Waals surface area contributed by atoms with E-state index in [-0.39, 0.29) is 0 Å². The molecule has 7 heteroatoms. The number of carboxylic acid groups (broad SMARTS) is 1. The van der Waals surface area contributed by atoms with E-state index in [9.17, 15) is 20.1 Å². The van der Waals surface area contributed by atoms with Crippen LogP contribution >= 0.6 is 0 Å². The molecule has 1 aliphatic rings. The Bertz CT molecular complexity index is 285. The summed E-state index contributed by atoms with van der Waals surface area (Å²) in [5, 5.41) is 37.5. The molecule has 0 spiro atoms. The lowest BCUT2D eigenvalue weighted by Gasteiger charge is -2.41. The molecule has 1 aliphatic heterocycles. The van der Waals surface area contributed by atoms with Crippen molar-refractivity contribution >= 4 is 5.97 Å². The summed E-state index contributed by atoms with van der Waals surface area (Å²) in [5.74, 6) is -1.43. The maximum atomic E-state index is 10.8. The lowest BCUT2D eigenvalue weighted by Crippen LogP contribution is -2.61. The number of rotatable bonds is 2. The minimum absolute atomic E-state index is 0.702. The highest BCUT2D eigenvalue weighted by molar-refractivity contribution is 5.73. The van der Waals surface area contributed by atoms with Crippen molar-refractivity contribution in [3.8, 4) is 0 Å². The average Bonchev–Trinajstić information content (AvgIpc) is 2.16. The maximum absolute atomic E-state index is 10.8. The maximum Gasteiger partial charge on any atom is 0.335 e. The fraction of sp³-hybridized carbons (Fsp3) is 0.900. The van der Waals surface area contributed by atoms with Crippen LogP contribution in [0.25, 0.3) is 0 Å². The molecule has 0 unspecified atom stereocenters. The second-order valence-corrected chi connectivity index (χ2v) is 4.96. The number of hydrogen-bond acceptors (Lipinski definition) is 6. The van der Waals surface area contributed by atoms with Crippen LogP contribution in [0, 0.1) is 0 Å².